The van der Waals surface area contributed by atoms with Crippen molar-refractivity contribution in [3.63, 3.8) is 0 Å². The molecule has 1 atom stereocenters. The van der Waals surface area contributed by atoms with E-state index in [1.807, 2.05) is 5.32 Å². The molecule has 0 saturated carbocycles. The summed E-state index contributed by atoms with van der Waals surface area (Å²) < 4.78 is 4.24. The fourth-order valence-electron chi connectivity index (χ4n) is 1.80. The zero-order chi connectivity index (χ0) is 14.9. The molecule has 0 aromatic heterocycles. The molecule has 108 valence electrons. The van der Waals surface area contributed by atoms with Crippen LogP contribution in [-0.2, 0) is 14.3 Å². The van der Waals surface area contributed by atoms with E-state index >= 15 is 0 Å². The second-order valence-electron chi connectivity index (χ2n) is 3.92. The van der Waals surface area contributed by atoms with E-state index in [4.69, 9.17) is 5.11 Å². The topological polar surface area (TPSA) is 125 Å². The van der Waals surface area contributed by atoms with E-state index in [1.54, 1.807) is 0 Å². The van der Waals surface area contributed by atoms with Crippen LogP contribution in [0.25, 0.3) is 0 Å². The van der Waals surface area contributed by atoms with E-state index in [1.165, 1.54) is 16.7 Å². The molecule has 2 aliphatic rings. The Labute approximate surface area is 117 Å². The van der Waals surface area contributed by atoms with Crippen LogP contribution in [0.2, 0.25) is 0 Å². The summed E-state index contributed by atoms with van der Waals surface area (Å²) in [6.45, 7) is -0.0879. The molecule has 20 heavy (non-hydrogen) atoms. The third kappa shape index (κ3) is 2.54. The molecule has 2 heterocycles. The molecular formula is C10H11N3O6S. The van der Waals surface area contributed by atoms with Gasteiger partial charge in [0.25, 0.3) is 0 Å². The predicted molar refractivity (Wildman–Crippen MR) is 66.4 cm³/mol. The summed E-state index contributed by atoms with van der Waals surface area (Å²) in [4.78, 5) is 46.2. The Balaban J connectivity index is 1.99. The number of methoxy groups -OCH3 is 1. The summed E-state index contributed by atoms with van der Waals surface area (Å²) in [5.74, 6) is -1.48. The van der Waals surface area contributed by atoms with Gasteiger partial charge in [0, 0.05) is 4.91 Å². The number of alkyl carbamates (subject to hydrolysis) is 1. The number of hydrogen-bond donors (Lipinski definition) is 3. The minimum absolute atomic E-state index is 0.0879. The van der Waals surface area contributed by atoms with Crippen molar-refractivity contribution in [3.8, 4) is 0 Å². The van der Waals surface area contributed by atoms with Gasteiger partial charge in [-0.25, -0.2) is 19.7 Å². The fourth-order valence-corrected chi connectivity index (χ4v) is 3.14. The van der Waals surface area contributed by atoms with Gasteiger partial charge in [-0.2, -0.15) is 0 Å². The highest BCUT2D eigenvalue weighted by Crippen LogP contribution is 2.45. The highest BCUT2D eigenvalue weighted by molar-refractivity contribution is 8.04. The molecule has 0 spiro atoms. The van der Waals surface area contributed by atoms with Gasteiger partial charge in [0.1, 0.15) is 5.70 Å². The largest absolute Gasteiger partial charge is 0.477 e. The Morgan fingerprint density at radius 3 is 2.75 bits per heavy atom. The molecule has 1 fully saturated rings. The van der Waals surface area contributed by atoms with Crippen molar-refractivity contribution in [2.24, 2.45) is 0 Å². The minimum Gasteiger partial charge on any atom is -0.477 e. The number of hydrogen-bond acceptors (Lipinski definition) is 6. The van der Waals surface area contributed by atoms with Crippen LogP contribution in [0.3, 0.4) is 0 Å². The number of rotatable bonds is 3. The molecule has 1 saturated heterocycles. The third-order valence-electron chi connectivity index (χ3n) is 2.70. The first-order chi connectivity index (χ1) is 9.43. The number of β-lactam (4-membered cyclic amide) rings is 1. The number of thioether (sulfide) groups is 1. The first kappa shape index (κ1) is 14.2. The summed E-state index contributed by atoms with van der Waals surface area (Å²) in [6.07, 6.45) is -0.646. The van der Waals surface area contributed by atoms with E-state index in [-0.39, 0.29) is 29.9 Å². The first-order valence-electron chi connectivity index (χ1n) is 5.52. The lowest BCUT2D eigenvalue weighted by atomic mass is 10.1. The lowest BCUT2D eigenvalue weighted by molar-refractivity contribution is -0.145. The molecule has 0 unspecified atom stereocenters. The number of fused-ring (bicyclic) bond motifs is 1. The Morgan fingerprint density at radius 1 is 1.50 bits per heavy atom. The molecule has 2 rings (SSSR count). The lowest BCUT2D eigenvalue weighted by Crippen LogP contribution is -2.48. The van der Waals surface area contributed by atoms with Crippen LogP contribution >= 0.6 is 11.8 Å². The van der Waals surface area contributed by atoms with Crippen molar-refractivity contribution >= 4 is 35.8 Å². The SMILES string of the molecule is COC(=O)NC(=O)NCC1=C(C(=O)O)N2C(=O)C[C@@H]2S1. The van der Waals surface area contributed by atoms with Gasteiger partial charge in [-0.05, 0) is 0 Å². The van der Waals surface area contributed by atoms with Crippen LogP contribution in [0.1, 0.15) is 6.42 Å². The number of imide groups is 1. The molecular weight excluding hydrogens is 290 g/mol. The number of carbonyl (C=O) groups is 4. The van der Waals surface area contributed by atoms with Crippen LogP contribution < -0.4 is 10.6 Å². The molecule has 0 radical (unpaired) electrons. The lowest BCUT2D eigenvalue weighted by Gasteiger charge is -2.33. The number of carbonyl (C=O) groups excluding carboxylic acids is 3. The van der Waals surface area contributed by atoms with E-state index in [0.29, 0.717) is 4.91 Å². The van der Waals surface area contributed by atoms with E-state index in [9.17, 15) is 19.2 Å². The molecule has 0 aromatic rings. The second kappa shape index (κ2) is 5.41. The highest BCUT2D eigenvalue weighted by atomic mass is 32.2. The van der Waals surface area contributed by atoms with Crippen LogP contribution in [0.5, 0.6) is 0 Å². The highest BCUT2D eigenvalue weighted by Gasteiger charge is 2.48. The average molecular weight is 301 g/mol. The maximum absolute atomic E-state index is 11.3. The maximum atomic E-state index is 11.3. The van der Waals surface area contributed by atoms with Crippen molar-refractivity contribution < 1.29 is 29.0 Å². The Morgan fingerprint density at radius 2 is 2.20 bits per heavy atom. The van der Waals surface area contributed by atoms with E-state index < -0.39 is 18.1 Å². The second-order valence-corrected chi connectivity index (χ2v) is 5.19. The molecule has 9 nitrogen and oxygen atoms in total. The summed E-state index contributed by atoms with van der Waals surface area (Å²) in [6, 6.07) is -0.810. The van der Waals surface area contributed by atoms with Crippen molar-refractivity contribution in [3.05, 3.63) is 10.6 Å². The van der Waals surface area contributed by atoms with Gasteiger partial charge in [0.05, 0.1) is 25.4 Å². The van der Waals surface area contributed by atoms with Gasteiger partial charge < -0.3 is 15.2 Å². The number of carboxylic acid groups (broad SMARTS) is 1. The maximum Gasteiger partial charge on any atom is 0.415 e. The van der Waals surface area contributed by atoms with Crippen molar-refractivity contribution in [1.29, 1.82) is 0 Å². The molecule has 0 aliphatic carbocycles. The number of nitrogens with one attached hydrogen (secondary N) is 2. The number of nitrogens with zero attached hydrogens (tertiary/aromatic N) is 1. The van der Waals surface area contributed by atoms with Crippen LogP contribution in [0.4, 0.5) is 9.59 Å². The number of ether oxygens (including phenoxy) is 1. The Kier molecular flexibility index (Phi) is 3.84. The summed E-state index contributed by atoms with van der Waals surface area (Å²) in [7, 11) is 1.11. The Bertz CT molecular complexity index is 531. The third-order valence-corrected chi connectivity index (χ3v) is 3.97. The van der Waals surface area contributed by atoms with E-state index in [2.05, 4.69) is 10.1 Å². The summed E-state index contributed by atoms with van der Waals surface area (Å²) >= 11 is 1.21. The molecule has 0 bridgehead atoms. The summed E-state index contributed by atoms with van der Waals surface area (Å²) in [5.41, 5.74) is -0.116. The standard InChI is InChI=1S/C10H11N3O6S/c1-19-10(18)12-9(17)11-3-4-7(8(15)16)13-5(14)2-6(13)20-4/h6H,2-3H2,1H3,(H,15,16)(H2,11,12,17,18)/t6-/m0/s1. The molecule has 0 aromatic carbocycles. The van der Waals surface area contributed by atoms with Gasteiger partial charge in [-0.3, -0.25) is 9.69 Å². The van der Waals surface area contributed by atoms with Gasteiger partial charge >= 0.3 is 18.1 Å². The smallest absolute Gasteiger partial charge is 0.415 e. The molecule has 2 aliphatic heterocycles. The number of urea groups is 1. The zero-order valence-electron chi connectivity index (χ0n) is 10.3. The number of carboxylic acids is 1. The van der Waals surface area contributed by atoms with Gasteiger partial charge in [-0.15, -0.1) is 11.8 Å². The minimum atomic E-state index is -1.22. The van der Waals surface area contributed by atoms with Gasteiger partial charge in [0.2, 0.25) is 5.91 Å². The van der Waals surface area contributed by atoms with Gasteiger partial charge in [-0.1, -0.05) is 0 Å². The monoisotopic (exact) mass is 301 g/mol. The molecule has 10 heteroatoms. The fraction of sp³-hybridized carbons (Fsp3) is 0.400. The van der Waals surface area contributed by atoms with Crippen LogP contribution in [0.15, 0.2) is 10.6 Å². The normalized spacial score (nSPS) is 20.1. The quantitative estimate of drug-likeness (QED) is 0.608. The molecule has 4 amide bonds. The first-order valence-corrected chi connectivity index (χ1v) is 6.40. The predicted octanol–water partition coefficient (Wildman–Crippen LogP) is -0.347. The average Bonchev–Trinajstić information content (AvgIpc) is 2.68. The summed E-state index contributed by atoms with van der Waals surface area (Å²) in [5, 5.41) is 13.1. The van der Waals surface area contributed by atoms with Crippen LogP contribution in [0, 0.1) is 0 Å². The zero-order valence-corrected chi connectivity index (χ0v) is 11.2. The van der Waals surface area contributed by atoms with Gasteiger partial charge in [0.15, 0.2) is 0 Å². The van der Waals surface area contributed by atoms with Crippen molar-refractivity contribution in [2.75, 3.05) is 13.7 Å². The van der Waals surface area contributed by atoms with Crippen molar-refractivity contribution in [2.45, 2.75) is 11.8 Å². The van der Waals surface area contributed by atoms with Crippen molar-refractivity contribution in [1.82, 2.24) is 15.5 Å². The molecule has 3 N–H and O–H groups in total. The van der Waals surface area contributed by atoms with Crippen LogP contribution in [-0.4, -0.2) is 53.0 Å². The Hall–Kier alpha value is -2.23. The number of amides is 4. The number of aliphatic carboxylic acids is 1. The van der Waals surface area contributed by atoms with E-state index in [0.717, 1.165) is 7.11 Å².